The molecular weight excluding hydrogens is 274 g/mol. The van der Waals surface area contributed by atoms with Crippen LogP contribution in [0.1, 0.15) is 37.7 Å². The Morgan fingerprint density at radius 2 is 1.80 bits per heavy atom. The zero-order valence-corrected chi connectivity index (χ0v) is 12.5. The van der Waals surface area contributed by atoms with E-state index in [1.807, 2.05) is 6.92 Å². The van der Waals surface area contributed by atoms with E-state index in [-0.39, 0.29) is 10.9 Å². The van der Waals surface area contributed by atoms with Crippen molar-refractivity contribution < 1.29 is 8.42 Å². The monoisotopic (exact) mass is 295 g/mol. The summed E-state index contributed by atoms with van der Waals surface area (Å²) in [6, 6.07) is 6.82. The fraction of sp³-hybridized carbons (Fsp3) is 0.500. The van der Waals surface area contributed by atoms with Gasteiger partial charge in [-0.3, -0.25) is 5.01 Å². The number of nitrogens with zero attached hydrogens (tertiary/aromatic N) is 2. The number of aryl methyl sites for hydroxylation is 1. The topological polar surface area (TPSA) is 75.8 Å². The Morgan fingerprint density at radius 1 is 1.20 bits per heavy atom. The molecule has 0 radical (unpaired) electrons. The van der Waals surface area contributed by atoms with Crippen molar-refractivity contribution in [3.05, 3.63) is 29.8 Å². The van der Waals surface area contributed by atoms with Crippen LogP contribution in [0.3, 0.4) is 0 Å². The van der Waals surface area contributed by atoms with Crippen molar-refractivity contribution in [2.24, 2.45) is 10.2 Å². The van der Waals surface area contributed by atoms with Gasteiger partial charge in [-0.1, -0.05) is 37.0 Å². The molecule has 1 aromatic rings. The molecule has 0 spiro atoms. The maximum absolute atomic E-state index is 12.1. The van der Waals surface area contributed by atoms with E-state index in [4.69, 9.17) is 5.84 Å². The summed E-state index contributed by atoms with van der Waals surface area (Å²) < 4.78 is 27.8. The van der Waals surface area contributed by atoms with Gasteiger partial charge in [0.15, 0.2) is 0 Å². The molecule has 2 rings (SSSR count). The lowest BCUT2D eigenvalue weighted by atomic mass is 9.95. The maximum atomic E-state index is 12.1. The molecule has 110 valence electrons. The number of rotatable bonds is 4. The van der Waals surface area contributed by atoms with E-state index in [0.717, 1.165) is 31.2 Å². The average molecular weight is 295 g/mol. The second kappa shape index (κ2) is 6.37. The molecule has 1 saturated carbocycles. The molecule has 1 fully saturated rings. The van der Waals surface area contributed by atoms with Crippen LogP contribution >= 0.6 is 0 Å². The van der Waals surface area contributed by atoms with Crippen LogP contribution < -0.4 is 5.84 Å². The van der Waals surface area contributed by atoms with Gasteiger partial charge in [-0.05, 0) is 31.9 Å². The van der Waals surface area contributed by atoms with Gasteiger partial charge in [0.2, 0.25) is 0 Å². The van der Waals surface area contributed by atoms with E-state index >= 15 is 0 Å². The molecule has 0 atom stereocenters. The van der Waals surface area contributed by atoms with Crippen molar-refractivity contribution in [2.45, 2.75) is 50.0 Å². The fourth-order valence-electron chi connectivity index (χ4n) is 2.36. The molecule has 0 heterocycles. The normalized spacial score (nSPS) is 17.5. The third-order valence-corrected chi connectivity index (χ3v) is 4.87. The van der Waals surface area contributed by atoms with Crippen LogP contribution in [-0.4, -0.2) is 25.8 Å². The Balaban J connectivity index is 2.06. The summed E-state index contributed by atoms with van der Waals surface area (Å²) in [6.45, 7) is 1.91. The molecular formula is C14H21N3O2S. The first-order valence-corrected chi connectivity index (χ1v) is 8.33. The third-order valence-electron chi connectivity index (χ3n) is 3.63. The van der Waals surface area contributed by atoms with E-state index in [1.165, 1.54) is 17.8 Å². The molecule has 0 aliphatic heterocycles. The standard InChI is InChI=1S/C14H21N3O2S/c1-12-7-9-14(10-8-12)20(18,19)16-11-17(15)13-5-3-2-4-6-13/h7-11,13H,2-6,15H2,1H3. The van der Waals surface area contributed by atoms with Crippen molar-refractivity contribution in [3.8, 4) is 0 Å². The Kier molecular flexibility index (Phi) is 4.77. The zero-order valence-electron chi connectivity index (χ0n) is 11.7. The van der Waals surface area contributed by atoms with E-state index < -0.39 is 10.0 Å². The number of hydrogen-bond donors (Lipinski definition) is 1. The quantitative estimate of drug-likeness (QED) is 0.400. The number of hydrazine groups is 1. The molecule has 0 saturated heterocycles. The Morgan fingerprint density at radius 3 is 2.40 bits per heavy atom. The van der Waals surface area contributed by atoms with Crippen LogP contribution in [0.25, 0.3) is 0 Å². The van der Waals surface area contributed by atoms with Gasteiger partial charge < -0.3 is 0 Å². The Hall–Kier alpha value is -1.40. The molecule has 5 nitrogen and oxygen atoms in total. The molecule has 1 aromatic carbocycles. The highest BCUT2D eigenvalue weighted by molar-refractivity contribution is 7.90. The van der Waals surface area contributed by atoms with Crippen LogP contribution in [0.2, 0.25) is 0 Å². The van der Waals surface area contributed by atoms with Crippen LogP contribution in [-0.2, 0) is 10.0 Å². The smallest absolute Gasteiger partial charge is 0.283 e. The Labute approximate surface area is 120 Å². The molecule has 0 unspecified atom stereocenters. The lowest BCUT2D eigenvalue weighted by Crippen LogP contribution is -2.41. The van der Waals surface area contributed by atoms with Crippen molar-refractivity contribution in [1.29, 1.82) is 0 Å². The first-order valence-electron chi connectivity index (χ1n) is 6.89. The number of benzene rings is 1. The van der Waals surface area contributed by atoms with Gasteiger partial charge in [0.25, 0.3) is 10.0 Å². The first-order chi connectivity index (χ1) is 9.49. The summed E-state index contributed by atoms with van der Waals surface area (Å²) in [5.74, 6) is 5.88. The van der Waals surface area contributed by atoms with Gasteiger partial charge in [0.05, 0.1) is 4.90 Å². The Bertz CT molecular complexity index is 561. The first kappa shape index (κ1) is 15.0. The maximum Gasteiger partial charge on any atom is 0.283 e. The van der Waals surface area contributed by atoms with Crippen LogP contribution in [0.5, 0.6) is 0 Å². The molecule has 0 amide bonds. The summed E-state index contributed by atoms with van der Waals surface area (Å²) in [4.78, 5) is 0.191. The fourth-order valence-corrected chi connectivity index (χ4v) is 3.20. The predicted molar refractivity (Wildman–Crippen MR) is 79.8 cm³/mol. The molecule has 1 aliphatic rings. The highest BCUT2D eigenvalue weighted by Gasteiger charge is 2.18. The number of hydrogen-bond acceptors (Lipinski definition) is 3. The summed E-state index contributed by atoms with van der Waals surface area (Å²) in [5, 5.41) is 1.44. The molecule has 1 aliphatic carbocycles. The van der Waals surface area contributed by atoms with Crippen LogP contribution in [0.4, 0.5) is 0 Å². The van der Waals surface area contributed by atoms with Gasteiger partial charge in [-0.25, -0.2) is 5.84 Å². The summed E-state index contributed by atoms with van der Waals surface area (Å²) in [5.41, 5.74) is 1.01. The van der Waals surface area contributed by atoms with E-state index in [2.05, 4.69) is 4.40 Å². The van der Waals surface area contributed by atoms with E-state index in [9.17, 15) is 8.42 Å². The lowest BCUT2D eigenvalue weighted by Gasteiger charge is -2.28. The molecule has 20 heavy (non-hydrogen) atoms. The molecule has 0 bridgehead atoms. The lowest BCUT2D eigenvalue weighted by molar-refractivity contribution is 0.255. The minimum Gasteiger partial charge on any atom is -0.297 e. The minimum absolute atomic E-state index is 0.191. The van der Waals surface area contributed by atoms with E-state index in [1.54, 1.807) is 24.3 Å². The van der Waals surface area contributed by atoms with Crippen LogP contribution in [0.15, 0.2) is 33.6 Å². The van der Waals surface area contributed by atoms with Gasteiger partial charge in [-0.15, -0.1) is 4.40 Å². The largest absolute Gasteiger partial charge is 0.297 e. The van der Waals surface area contributed by atoms with Crippen molar-refractivity contribution in [1.82, 2.24) is 5.01 Å². The summed E-state index contributed by atoms with van der Waals surface area (Å²) in [6.07, 6.45) is 6.72. The molecule has 2 N–H and O–H groups in total. The summed E-state index contributed by atoms with van der Waals surface area (Å²) >= 11 is 0. The average Bonchev–Trinajstić information content (AvgIpc) is 2.46. The second-order valence-electron chi connectivity index (χ2n) is 5.25. The van der Waals surface area contributed by atoms with Gasteiger partial charge in [0, 0.05) is 6.04 Å². The van der Waals surface area contributed by atoms with Crippen molar-refractivity contribution in [2.75, 3.05) is 0 Å². The highest BCUT2D eigenvalue weighted by atomic mass is 32.2. The van der Waals surface area contributed by atoms with E-state index in [0.29, 0.717) is 0 Å². The SMILES string of the molecule is Cc1ccc(S(=O)(=O)N=CN(N)C2CCCCC2)cc1. The summed E-state index contributed by atoms with van der Waals surface area (Å²) in [7, 11) is -3.66. The number of sulfonamides is 1. The third kappa shape index (κ3) is 3.80. The second-order valence-corrected chi connectivity index (χ2v) is 6.88. The zero-order chi connectivity index (χ0) is 14.6. The van der Waals surface area contributed by atoms with Crippen molar-refractivity contribution in [3.63, 3.8) is 0 Å². The van der Waals surface area contributed by atoms with Gasteiger partial charge >= 0.3 is 0 Å². The van der Waals surface area contributed by atoms with Gasteiger partial charge in [0.1, 0.15) is 6.34 Å². The minimum atomic E-state index is -3.66. The van der Waals surface area contributed by atoms with Crippen LogP contribution in [0, 0.1) is 6.92 Å². The highest BCUT2D eigenvalue weighted by Crippen LogP contribution is 2.20. The van der Waals surface area contributed by atoms with Crippen molar-refractivity contribution >= 4 is 16.4 Å². The van der Waals surface area contributed by atoms with Gasteiger partial charge in [-0.2, -0.15) is 8.42 Å². The molecule has 0 aromatic heterocycles. The predicted octanol–water partition coefficient (Wildman–Crippen LogP) is 2.22. The molecule has 6 heteroatoms. The number of nitrogens with two attached hydrogens (primary N) is 1.